The summed E-state index contributed by atoms with van der Waals surface area (Å²) in [7, 11) is 0. The summed E-state index contributed by atoms with van der Waals surface area (Å²) in [5.74, 6) is -0.0199. The molecule has 0 N–H and O–H groups in total. The molecule has 6 heteroatoms. The minimum Gasteiger partial charge on any atom is -0.458 e. The standard InChI is InChI=1S/C19H16ClN3O2/c20-17-4-2-1-3-16(17)13-11-15(12-13)25-19(24)18-7-10-22-23(18)14-5-8-21-9-6-14/h1-10,13,15H,11-12H2. The van der Waals surface area contributed by atoms with Crippen LogP contribution in [0.3, 0.4) is 0 Å². The highest BCUT2D eigenvalue weighted by Gasteiger charge is 2.35. The Kier molecular flexibility index (Phi) is 4.24. The lowest BCUT2D eigenvalue weighted by atomic mass is 9.77. The topological polar surface area (TPSA) is 57.0 Å². The van der Waals surface area contributed by atoms with E-state index in [9.17, 15) is 4.79 Å². The third kappa shape index (κ3) is 3.15. The van der Waals surface area contributed by atoms with Gasteiger partial charge in [-0.2, -0.15) is 5.10 Å². The van der Waals surface area contributed by atoms with Crippen LogP contribution < -0.4 is 0 Å². The van der Waals surface area contributed by atoms with E-state index < -0.39 is 0 Å². The van der Waals surface area contributed by atoms with E-state index in [1.165, 1.54) is 0 Å². The van der Waals surface area contributed by atoms with E-state index in [2.05, 4.69) is 10.1 Å². The number of nitrogens with zero attached hydrogens (tertiary/aromatic N) is 3. The van der Waals surface area contributed by atoms with Crippen LogP contribution in [0.2, 0.25) is 5.02 Å². The number of carbonyl (C=O) groups excluding carboxylic acids is 1. The smallest absolute Gasteiger partial charge is 0.357 e. The number of esters is 1. The summed E-state index contributed by atoms with van der Waals surface area (Å²) in [6.07, 6.45) is 6.40. The van der Waals surface area contributed by atoms with Crippen molar-refractivity contribution in [1.29, 1.82) is 0 Å². The molecule has 4 rings (SSSR count). The second kappa shape index (κ2) is 6.69. The zero-order valence-corrected chi connectivity index (χ0v) is 14.1. The van der Waals surface area contributed by atoms with Crippen molar-refractivity contribution in [2.75, 3.05) is 0 Å². The molecule has 0 saturated heterocycles. The Hall–Kier alpha value is -2.66. The number of hydrogen-bond acceptors (Lipinski definition) is 4. The lowest BCUT2D eigenvalue weighted by molar-refractivity contribution is 0.00119. The second-order valence-electron chi connectivity index (χ2n) is 6.05. The van der Waals surface area contributed by atoms with Gasteiger partial charge in [0.25, 0.3) is 0 Å². The largest absolute Gasteiger partial charge is 0.458 e. The molecule has 5 nitrogen and oxygen atoms in total. The van der Waals surface area contributed by atoms with Gasteiger partial charge in [0.2, 0.25) is 0 Å². The average Bonchev–Trinajstić information content (AvgIpc) is 3.09. The molecule has 2 aromatic heterocycles. The Labute approximate surface area is 150 Å². The number of benzene rings is 1. The summed E-state index contributed by atoms with van der Waals surface area (Å²) < 4.78 is 7.19. The van der Waals surface area contributed by atoms with Crippen molar-refractivity contribution in [1.82, 2.24) is 14.8 Å². The third-order valence-corrected chi connectivity index (χ3v) is 4.82. The SMILES string of the molecule is O=C(OC1CC(c2ccccc2Cl)C1)c1ccnn1-c1ccncc1. The highest BCUT2D eigenvalue weighted by molar-refractivity contribution is 6.31. The van der Waals surface area contributed by atoms with E-state index in [0.29, 0.717) is 11.6 Å². The van der Waals surface area contributed by atoms with Gasteiger partial charge in [0.15, 0.2) is 5.69 Å². The fraction of sp³-hybridized carbons (Fsp3) is 0.211. The van der Waals surface area contributed by atoms with E-state index >= 15 is 0 Å². The number of hydrogen-bond donors (Lipinski definition) is 0. The Morgan fingerprint density at radius 3 is 2.60 bits per heavy atom. The Morgan fingerprint density at radius 1 is 1.08 bits per heavy atom. The molecule has 1 fully saturated rings. The number of rotatable bonds is 4. The normalized spacial score (nSPS) is 19.2. The van der Waals surface area contributed by atoms with Gasteiger partial charge in [-0.15, -0.1) is 0 Å². The third-order valence-electron chi connectivity index (χ3n) is 4.47. The summed E-state index contributed by atoms with van der Waals surface area (Å²) in [6.45, 7) is 0. The van der Waals surface area contributed by atoms with Crippen molar-refractivity contribution in [3.05, 3.63) is 77.3 Å². The predicted octanol–water partition coefficient (Wildman–Crippen LogP) is 4.02. The molecule has 0 bridgehead atoms. The monoisotopic (exact) mass is 353 g/mol. The molecule has 3 aromatic rings. The average molecular weight is 354 g/mol. The summed E-state index contributed by atoms with van der Waals surface area (Å²) >= 11 is 6.23. The Morgan fingerprint density at radius 2 is 1.84 bits per heavy atom. The molecule has 2 heterocycles. The van der Waals surface area contributed by atoms with Crippen molar-refractivity contribution < 1.29 is 9.53 Å². The van der Waals surface area contributed by atoms with Gasteiger partial charge < -0.3 is 4.74 Å². The van der Waals surface area contributed by atoms with Gasteiger partial charge in [-0.3, -0.25) is 4.98 Å². The van der Waals surface area contributed by atoms with E-state index in [1.807, 2.05) is 24.3 Å². The van der Waals surface area contributed by atoms with Gasteiger partial charge in [0.1, 0.15) is 6.10 Å². The fourth-order valence-corrected chi connectivity index (χ4v) is 3.37. The van der Waals surface area contributed by atoms with Gasteiger partial charge in [-0.25, -0.2) is 9.48 Å². The van der Waals surface area contributed by atoms with Crippen LogP contribution in [0, 0.1) is 0 Å². The first-order valence-electron chi connectivity index (χ1n) is 8.12. The first-order chi connectivity index (χ1) is 12.2. The highest BCUT2D eigenvalue weighted by Crippen LogP contribution is 2.41. The maximum absolute atomic E-state index is 12.5. The van der Waals surface area contributed by atoms with Gasteiger partial charge >= 0.3 is 5.97 Å². The van der Waals surface area contributed by atoms with Crippen LogP contribution in [-0.4, -0.2) is 26.8 Å². The maximum atomic E-state index is 12.5. The van der Waals surface area contributed by atoms with Crippen molar-refractivity contribution >= 4 is 17.6 Å². The zero-order chi connectivity index (χ0) is 17.2. The van der Waals surface area contributed by atoms with Crippen LogP contribution in [0.15, 0.2) is 61.1 Å². The van der Waals surface area contributed by atoms with Crippen molar-refractivity contribution in [2.45, 2.75) is 24.9 Å². The quantitative estimate of drug-likeness (QED) is 0.665. The first-order valence-corrected chi connectivity index (χ1v) is 8.50. The molecule has 126 valence electrons. The lowest BCUT2D eigenvalue weighted by Gasteiger charge is -2.35. The minimum absolute atomic E-state index is 0.0884. The van der Waals surface area contributed by atoms with Crippen LogP contribution in [0.1, 0.15) is 34.8 Å². The van der Waals surface area contributed by atoms with E-state index in [0.717, 1.165) is 29.1 Å². The highest BCUT2D eigenvalue weighted by atomic mass is 35.5. The molecule has 0 unspecified atom stereocenters. The van der Waals surface area contributed by atoms with Crippen LogP contribution in [0.25, 0.3) is 5.69 Å². The molecular formula is C19H16ClN3O2. The lowest BCUT2D eigenvalue weighted by Crippen LogP contribution is -2.32. The summed E-state index contributed by atoms with van der Waals surface area (Å²) in [5.41, 5.74) is 2.31. The van der Waals surface area contributed by atoms with Crippen LogP contribution in [-0.2, 0) is 4.74 Å². The second-order valence-corrected chi connectivity index (χ2v) is 6.46. The van der Waals surface area contributed by atoms with Crippen LogP contribution in [0.4, 0.5) is 0 Å². The zero-order valence-electron chi connectivity index (χ0n) is 13.4. The van der Waals surface area contributed by atoms with E-state index in [4.69, 9.17) is 16.3 Å². The summed E-state index contributed by atoms with van der Waals surface area (Å²) in [5, 5.41) is 4.97. The molecule has 0 amide bonds. The molecule has 1 saturated carbocycles. The molecule has 0 spiro atoms. The number of aromatic nitrogens is 3. The summed E-state index contributed by atoms with van der Waals surface area (Å²) in [4.78, 5) is 16.5. The molecule has 0 atom stereocenters. The number of carbonyl (C=O) groups is 1. The molecule has 25 heavy (non-hydrogen) atoms. The van der Waals surface area contributed by atoms with Gasteiger partial charge in [-0.05, 0) is 48.6 Å². The molecule has 0 aliphatic heterocycles. The van der Waals surface area contributed by atoms with Crippen molar-refractivity contribution in [3.8, 4) is 5.69 Å². The van der Waals surface area contributed by atoms with Gasteiger partial charge in [0, 0.05) is 17.4 Å². The minimum atomic E-state index is -0.364. The number of ether oxygens (including phenoxy) is 1. The number of pyridine rings is 1. The van der Waals surface area contributed by atoms with Crippen molar-refractivity contribution in [3.63, 3.8) is 0 Å². The van der Waals surface area contributed by atoms with E-state index in [1.54, 1.807) is 41.5 Å². The van der Waals surface area contributed by atoms with Gasteiger partial charge in [0.05, 0.1) is 11.9 Å². The molecule has 1 aromatic carbocycles. The predicted molar refractivity (Wildman–Crippen MR) is 94.0 cm³/mol. The van der Waals surface area contributed by atoms with Gasteiger partial charge in [-0.1, -0.05) is 29.8 Å². The number of halogens is 1. The fourth-order valence-electron chi connectivity index (χ4n) is 3.08. The van der Waals surface area contributed by atoms with Crippen LogP contribution >= 0.6 is 11.6 Å². The summed E-state index contributed by atoms with van der Waals surface area (Å²) in [6, 6.07) is 13.1. The maximum Gasteiger partial charge on any atom is 0.357 e. The molecule has 1 aliphatic carbocycles. The van der Waals surface area contributed by atoms with Crippen LogP contribution in [0.5, 0.6) is 0 Å². The van der Waals surface area contributed by atoms with E-state index in [-0.39, 0.29) is 12.1 Å². The molecular weight excluding hydrogens is 338 g/mol. The first kappa shape index (κ1) is 15.8. The molecule has 1 aliphatic rings. The van der Waals surface area contributed by atoms with Crippen molar-refractivity contribution in [2.24, 2.45) is 0 Å². The Balaban J connectivity index is 1.42. The Bertz CT molecular complexity index is 888. The molecule has 0 radical (unpaired) electrons.